The quantitative estimate of drug-likeness (QED) is 0.593. The molecule has 1 amide bonds. The number of unbranched alkanes of at least 4 members (excludes halogenated alkanes) is 2. The van der Waals surface area contributed by atoms with Crippen LogP contribution in [0.15, 0.2) is 24.3 Å². The molecular formula is C14H17NO. The Labute approximate surface area is 97.1 Å². The lowest BCUT2D eigenvalue weighted by Crippen LogP contribution is -2.10. The van der Waals surface area contributed by atoms with Crippen LogP contribution in [0.3, 0.4) is 0 Å². The molecule has 0 atom stereocenters. The zero-order valence-corrected chi connectivity index (χ0v) is 9.62. The number of hydrogen-bond acceptors (Lipinski definition) is 1. The summed E-state index contributed by atoms with van der Waals surface area (Å²) in [4.78, 5) is 11.5. The third-order valence-corrected chi connectivity index (χ3v) is 2.34. The van der Waals surface area contributed by atoms with Crippen molar-refractivity contribution in [1.82, 2.24) is 0 Å². The van der Waals surface area contributed by atoms with Crippen LogP contribution in [0.4, 0.5) is 5.69 Å². The van der Waals surface area contributed by atoms with Gasteiger partial charge in [0.1, 0.15) is 0 Å². The third-order valence-electron chi connectivity index (χ3n) is 2.34. The first-order valence-electron chi connectivity index (χ1n) is 5.62. The second-order valence-corrected chi connectivity index (χ2v) is 3.73. The van der Waals surface area contributed by atoms with Crippen molar-refractivity contribution in [3.63, 3.8) is 0 Å². The van der Waals surface area contributed by atoms with Gasteiger partial charge in [-0.05, 0) is 30.7 Å². The summed E-state index contributed by atoms with van der Waals surface area (Å²) < 4.78 is 0. The summed E-state index contributed by atoms with van der Waals surface area (Å²) in [6.07, 6.45) is 9.01. The average Bonchev–Trinajstić information content (AvgIpc) is 2.30. The van der Waals surface area contributed by atoms with Gasteiger partial charge >= 0.3 is 0 Å². The lowest BCUT2D eigenvalue weighted by Gasteiger charge is -2.04. The Hall–Kier alpha value is -1.75. The average molecular weight is 215 g/mol. The van der Waals surface area contributed by atoms with E-state index in [0.717, 1.165) is 30.5 Å². The van der Waals surface area contributed by atoms with Gasteiger partial charge in [0.15, 0.2) is 0 Å². The van der Waals surface area contributed by atoms with Crippen LogP contribution >= 0.6 is 0 Å². The highest BCUT2D eigenvalue weighted by Gasteiger charge is 2.01. The van der Waals surface area contributed by atoms with Crippen LogP contribution in [0.2, 0.25) is 0 Å². The Balaban J connectivity index is 2.41. The van der Waals surface area contributed by atoms with Crippen molar-refractivity contribution in [1.29, 1.82) is 0 Å². The Morgan fingerprint density at radius 1 is 1.31 bits per heavy atom. The molecule has 1 aromatic carbocycles. The molecule has 1 aromatic rings. The maximum Gasteiger partial charge on any atom is 0.224 e. The lowest BCUT2D eigenvalue weighted by molar-refractivity contribution is -0.116. The van der Waals surface area contributed by atoms with Gasteiger partial charge < -0.3 is 5.32 Å². The summed E-state index contributed by atoms with van der Waals surface area (Å²) in [5.41, 5.74) is 1.63. The summed E-state index contributed by atoms with van der Waals surface area (Å²) in [5, 5.41) is 2.84. The second-order valence-electron chi connectivity index (χ2n) is 3.73. The summed E-state index contributed by atoms with van der Waals surface area (Å²) in [6, 6.07) is 7.29. The number of rotatable bonds is 5. The van der Waals surface area contributed by atoms with E-state index >= 15 is 0 Å². The van der Waals surface area contributed by atoms with Gasteiger partial charge in [-0.1, -0.05) is 25.7 Å². The van der Waals surface area contributed by atoms with Crippen molar-refractivity contribution in [3.8, 4) is 12.3 Å². The number of terminal acetylenes is 1. The Kier molecular flexibility index (Phi) is 5.15. The summed E-state index contributed by atoms with van der Waals surface area (Å²) in [7, 11) is 0. The number of benzene rings is 1. The maximum absolute atomic E-state index is 11.5. The molecule has 1 rings (SSSR count). The third kappa shape index (κ3) is 4.18. The van der Waals surface area contributed by atoms with Gasteiger partial charge in [-0.15, -0.1) is 6.42 Å². The van der Waals surface area contributed by atoms with Crippen molar-refractivity contribution in [3.05, 3.63) is 29.8 Å². The van der Waals surface area contributed by atoms with Gasteiger partial charge in [0.2, 0.25) is 5.91 Å². The van der Waals surface area contributed by atoms with Crippen LogP contribution in [0, 0.1) is 12.3 Å². The van der Waals surface area contributed by atoms with Crippen LogP contribution in [-0.2, 0) is 4.79 Å². The monoisotopic (exact) mass is 215 g/mol. The smallest absolute Gasteiger partial charge is 0.224 e. The fourth-order valence-electron chi connectivity index (χ4n) is 1.41. The topological polar surface area (TPSA) is 29.1 Å². The first-order valence-corrected chi connectivity index (χ1v) is 5.62. The normalized spacial score (nSPS) is 9.50. The minimum atomic E-state index is 0.0712. The molecule has 2 heteroatoms. The maximum atomic E-state index is 11.5. The predicted molar refractivity (Wildman–Crippen MR) is 67.1 cm³/mol. The van der Waals surface area contributed by atoms with E-state index in [1.54, 1.807) is 0 Å². The van der Waals surface area contributed by atoms with E-state index in [9.17, 15) is 4.79 Å². The van der Waals surface area contributed by atoms with E-state index in [2.05, 4.69) is 18.2 Å². The van der Waals surface area contributed by atoms with E-state index in [4.69, 9.17) is 6.42 Å². The largest absolute Gasteiger partial charge is 0.326 e. The van der Waals surface area contributed by atoms with E-state index in [-0.39, 0.29) is 5.91 Å². The minimum absolute atomic E-state index is 0.0712. The van der Waals surface area contributed by atoms with Gasteiger partial charge in [0.05, 0.1) is 0 Å². The minimum Gasteiger partial charge on any atom is -0.326 e. The SMILES string of the molecule is C#Cc1ccc(NC(=O)CCCCC)cc1. The van der Waals surface area contributed by atoms with E-state index in [1.165, 1.54) is 0 Å². The molecular weight excluding hydrogens is 198 g/mol. The van der Waals surface area contributed by atoms with Crippen LogP contribution in [-0.4, -0.2) is 5.91 Å². The highest BCUT2D eigenvalue weighted by molar-refractivity contribution is 5.90. The van der Waals surface area contributed by atoms with Crippen molar-refractivity contribution >= 4 is 11.6 Å². The molecule has 84 valence electrons. The lowest BCUT2D eigenvalue weighted by atomic mass is 10.2. The Morgan fingerprint density at radius 2 is 2.00 bits per heavy atom. The molecule has 0 aliphatic heterocycles. The predicted octanol–water partition coefficient (Wildman–Crippen LogP) is 3.19. The van der Waals surface area contributed by atoms with E-state index < -0.39 is 0 Å². The molecule has 0 spiro atoms. The number of carbonyl (C=O) groups is 1. The van der Waals surface area contributed by atoms with Gasteiger partial charge in [0.25, 0.3) is 0 Å². The van der Waals surface area contributed by atoms with Crippen molar-refractivity contribution in [2.24, 2.45) is 0 Å². The van der Waals surface area contributed by atoms with Gasteiger partial charge in [-0.2, -0.15) is 0 Å². The van der Waals surface area contributed by atoms with Gasteiger partial charge in [0, 0.05) is 17.7 Å². The summed E-state index contributed by atoms with van der Waals surface area (Å²) in [5.74, 6) is 2.61. The molecule has 0 unspecified atom stereocenters. The first kappa shape index (κ1) is 12.3. The van der Waals surface area contributed by atoms with Crippen LogP contribution in [0.1, 0.15) is 38.2 Å². The van der Waals surface area contributed by atoms with E-state index in [0.29, 0.717) is 6.42 Å². The first-order chi connectivity index (χ1) is 7.76. The number of hydrogen-bond donors (Lipinski definition) is 1. The fraction of sp³-hybridized carbons (Fsp3) is 0.357. The molecule has 2 nitrogen and oxygen atoms in total. The second kappa shape index (κ2) is 6.68. The van der Waals surface area contributed by atoms with Crippen molar-refractivity contribution in [2.45, 2.75) is 32.6 Å². The number of nitrogens with one attached hydrogen (secondary N) is 1. The van der Waals surface area contributed by atoms with Crippen molar-refractivity contribution in [2.75, 3.05) is 5.32 Å². The molecule has 0 aliphatic carbocycles. The number of carbonyl (C=O) groups excluding carboxylic acids is 1. The molecule has 0 aromatic heterocycles. The molecule has 16 heavy (non-hydrogen) atoms. The molecule has 0 heterocycles. The molecule has 0 saturated carbocycles. The van der Waals surface area contributed by atoms with Crippen LogP contribution < -0.4 is 5.32 Å². The zero-order valence-electron chi connectivity index (χ0n) is 9.62. The van der Waals surface area contributed by atoms with Crippen molar-refractivity contribution < 1.29 is 4.79 Å². The molecule has 0 radical (unpaired) electrons. The van der Waals surface area contributed by atoms with Gasteiger partial charge in [-0.3, -0.25) is 4.79 Å². The molecule has 0 aliphatic rings. The molecule has 1 N–H and O–H groups in total. The standard InChI is InChI=1S/C14H17NO/c1-3-5-6-7-14(16)15-13-10-8-12(4-2)9-11-13/h2,8-11H,3,5-7H2,1H3,(H,15,16). The van der Waals surface area contributed by atoms with E-state index in [1.807, 2.05) is 24.3 Å². The molecule has 0 saturated heterocycles. The number of amides is 1. The molecule has 0 bridgehead atoms. The Bertz CT molecular complexity index is 373. The number of anilines is 1. The Morgan fingerprint density at radius 3 is 2.56 bits per heavy atom. The zero-order chi connectivity index (χ0) is 11.8. The highest BCUT2D eigenvalue weighted by Crippen LogP contribution is 2.10. The van der Waals surface area contributed by atoms with Gasteiger partial charge in [-0.25, -0.2) is 0 Å². The highest BCUT2D eigenvalue weighted by atomic mass is 16.1. The van der Waals surface area contributed by atoms with Crippen LogP contribution in [0.5, 0.6) is 0 Å². The van der Waals surface area contributed by atoms with Crippen LogP contribution in [0.25, 0.3) is 0 Å². The summed E-state index contributed by atoms with van der Waals surface area (Å²) >= 11 is 0. The summed E-state index contributed by atoms with van der Waals surface area (Å²) in [6.45, 7) is 2.12. The fourth-order valence-corrected chi connectivity index (χ4v) is 1.41. The molecule has 0 fully saturated rings.